The van der Waals surface area contributed by atoms with E-state index in [4.69, 9.17) is 0 Å². The fourth-order valence-corrected chi connectivity index (χ4v) is 1.49. The van der Waals surface area contributed by atoms with Crippen LogP contribution in [0.3, 0.4) is 0 Å². The summed E-state index contributed by atoms with van der Waals surface area (Å²) in [6, 6.07) is 5.89. The van der Waals surface area contributed by atoms with Crippen molar-refractivity contribution in [1.29, 1.82) is 0 Å². The number of esters is 1. The Morgan fingerprint density at radius 3 is 2.46 bits per heavy atom. The Morgan fingerprint density at radius 2 is 1.92 bits per heavy atom. The van der Waals surface area contributed by atoms with Gasteiger partial charge in [-0.3, -0.25) is 0 Å². The molecule has 0 fully saturated rings. The van der Waals surface area contributed by atoms with Crippen molar-refractivity contribution in [2.24, 2.45) is 0 Å². The van der Waals surface area contributed by atoms with E-state index in [-0.39, 0.29) is 10.5 Å². The third kappa shape index (κ3) is 2.06. The van der Waals surface area contributed by atoms with Gasteiger partial charge < -0.3 is 4.74 Å². The van der Waals surface area contributed by atoms with E-state index >= 15 is 0 Å². The summed E-state index contributed by atoms with van der Waals surface area (Å²) in [5.41, 5.74) is 0.0705. The van der Waals surface area contributed by atoms with E-state index in [2.05, 4.69) is 4.74 Å². The van der Waals surface area contributed by atoms with Gasteiger partial charge in [-0.1, -0.05) is 12.1 Å². The molecule has 0 saturated carbocycles. The summed E-state index contributed by atoms with van der Waals surface area (Å²) in [5.74, 6) is -0.644. The molecule has 0 amide bonds. The van der Waals surface area contributed by atoms with E-state index in [0.29, 0.717) is 0 Å². The third-order valence-electron chi connectivity index (χ3n) is 1.51. The summed E-state index contributed by atoms with van der Waals surface area (Å²) in [6.45, 7) is 0. The SMILES string of the molecule is COC(=O)c1ccccc1[SH](=O)=O. The van der Waals surface area contributed by atoms with Crippen LogP contribution in [0.25, 0.3) is 0 Å². The zero-order valence-corrected chi connectivity index (χ0v) is 7.78. The van der Waals surface area contributed by atoms with E-state index < -0.39 is 16.7 Å². The topological polar surface area (TPSA) is 60.4 Å². The van der Waals surface area contributed by atoms with Crippen LogP contribution in [-0.2, 0) is 15.4 Å². The van der Waals surface area contributed by atoms with Crippen molar-refractivity contribution in [2.75, 3.05) is 7.11 Å². The minimum atomic E-state index is -2.76. The summed E-state index contributed by atoms with van der Waals surface area (Å²) < 4.78 is 25.8. The zero-order chi connectivity index (χ0) is 9.84. The average Bonchev–Trinajstić information content (AvgIpc) is 2.16. The second-order valence-corrected chi connectivity index (χ2v) is 3.26. The average molecular weight is 200 g/mol. The Kier molecular flexibility index (Phi) is 3.02. The molecule has 0 atom stereocenters. The van der Waals surface area contributed by atoms with Crippen molar-refractivity contribution in [3.05, 3.63) is 29.8 Å². The highest BCUT2D eigenvalue weighted by molar-refractivity contribution is 7.72. The molecule has 5 heteroatoms. The van der Waals surface area contributed by atoms with E-state index in [9.17, 15) is 13.2 Å². The standard InChI is InChI=1S/C8H8O4S/c1-12-8(9)6-4-2-3-5-7(6)13(10)11/h2-5,13H,1H3. The van der Waals surface area contributed by atoms with E-state index in [0.717, 1.165) is 0 Å². The number of ether oxygens (including phenoxy) is 1. The summed E-state index contributed by atoms with van der Waals surface area (Å²) >= 11 is 0. The number of hydrogen-bond donors (Lipinski definition) is 1. The van der Waals surface area contributed by atoms with Crippen LogP contribution in [0.1, 0.15) is 10.4 Å². The van der Waals surface area contributed by atoms with Crippen LogP contribution in [0, 0.1) is 0 Å². The molecule has 13 heavy (non-hydrogen) atoms. The fourth-order valence-electron chi connectivity index (χ4n) is 0.915. The molecule has 1 rings (SSSR count). The highest BCUT2D eigenvalue weighted by Crippen LogP contribution is 2.10. The Labute approximate surface area is 77.1 Å². The minimum Gasteiger partial charge on any atom is -0.465 e. The number of rotatable bonds is 2. The van der Waals surface area contributed by atoms with Crippen LogP contribution in [0.5, 0.6) is 0 Å². The van der Waals surface area contributed by atoms with Gasteiger partial charge in [-0.05, 0) is 12.1 Å². The van der Waals surface area contributed by atoms with Crippen LogP contribution in [-0.4, -0.2) is 21.5 Å². The quantitative estimate of drug-likeness (QED) is 0.556. The second kappa shape index (κ2) is 4.04. The maximum atomic E-state index is 11.0. The maximum absolute atomic E-state index is 11.0. The normalized spacial score (nSPS) is 10.0. The number of methoxy groups -OCH3 is 1. The monoisotopic (exact) mass is 200 g/mol. The molecular formula is C8H8O4S. The van der Waals surface area contributed by atoms with Gasteiger partial charge in [0.15, 0.2) is 10.7 Å². The van der Waals surface area contributed by atoms with Crippen molar-refractivity contribution >= 4 is 16.7 Å². The highest BCUT2D eigenvalue weighted by atomic mass is 32.2. The molecule has 70 valence electrons. The predicted octanol–water partition coefficient (Wildman–Crippen LogP) is 0.444. The van der Waals surface area contributed by atoms with Gasteiger partial charge in [-0.15, -0.1) is 0 Å². The van der Waals surface area contributed by atoms with Gasteiger partial charge in [0.05, 0.1) is 17.6 Å². The van der Waals surface area contributed by atoms with Crippen molar-refractivity contribution in [3.8, 4) is 0 Å². The molecule has 0 aromatic heterocycles. The Balaban J connectivity index is 3.27. The molecule has 0 unspecified atom stereocenters. The van der Waals surface area contributed by atoms with Gasteiger partial charge in [-0.25, -0.2) is 13.2 Å². The molecule has 4 nitrogen and oxygen atoms in total. The smallest absolute Gasteiger partial charge is 0.339 e. The lowest BCUT2D eigenvalue weighted by Gasteiger charge is -2.00. The molecule has 0 radical (unpaired) electrons. The van der Waals surface area contributed by atoms with Crippen molar-refractivity contribution in [3.63, 3.8) is 0 Å². The lowest BCUT2D eigenvalue weighted by molar-refractivity contribution is 0.0596. The van der Waals surface area contributed by atoms with Crippen LogP contribution in [0.4, 0.5) is 0 Å². The van der Waals surface area contributed by atoms with Gasteiger partial charge >= 0.3 is 5.97 Å². The van der Waals surface area contributed by atoms with Crippen molar-refractivity contribution in [1.82, 2.24) is 0 Å². The molecule has 0 spiro atoms. The van der Waals surface area contributed by atoms with Crippen molar-refractivity contribution in [2.45, 2.75) is 4.90 Å². The van der Waals surface area contributed by atoms with Gasteiger partial charge in [0.1, 0.15) is 0 Å². The van der Waals surface area contributed by atoms with Crippen LogP contribution in [0.2, 0.25) is 0 Å². The number of carbonyl (C=O) groups excluding carboxylic acids is 1. The second-order valence-electron chi connectivity index (χ2n) is 2.27. The maximum Gasteiger partial charge on any atom is 0.339 e. The van der Waals surface area contributed by atoms with Gasteiger partial charge in [0, 0.05) is 0 Å². The largest absolute Gasteiger partial charge is 0.465 e. The summed E-state index contributed by atoms with van der Waals surface area (Å²) in [6.07, 6.45) is 0. The summed E-state index contributed by atoms with van der Waals surface area (Å²) in [5, 5.41) is 0. The molecule has 0 aliphatic carbocycles. The van der Waals surface area contributed by atoms with E-state index in [1.54, 1.807) is 12.1 Å². The lowest BCUT2D eigenvalue weighted by atomic mass is 10.2. The number of thiol groups is 1. The first-order chi connectivity index (χ1) is 6.16. The number of benzene rings is 1. The van der Waals surface area contributed by atoms with Gasteiger partial charge in [0.2, 0.25) is 0 Å². The van der Waals surface area contributed by atoms with Crippen molar-refractivity contribution < 1.29 is 17.9 Å². The van der Waals surface area contributed by atoms with E-state index in [1.165, 1.54) is 19.2 Å². The Hall–Kier alpha value is -1.36. The number of carbonyl (C=O) groups is 1. The molecule has 0 heterocycles. The Morgan fingerprint density at radius 1 is 1.31 bits per heavy atom. The molecular weight excluding hydrogens is 192 g/mol. The first-order valence-corrected chi connectivity index (χ1v) is 4.66. The van der Waals surface area contributed by atoms with Gasteiger partial charge in [-0.2, -0.15) is 0 Å². The predicted molar refractivity (Wildman–Crippen MR) is 46.4 cm³/mol. The summed E-state index contributed by atoms with van der Waals surface area (Å²) in [7, 11) is -1.55. The van der Waals surface area contributed by atoms with Crippen LogP contribution >= 0.6 is 0 Å². The molecule has 0 aliphatic rings. The van der Waals surface area contributed by atoms with E-state index in [1.807, 2.05) is 0 Å². The van der Waals surface area contributed by atoms with Gasteiger partial charge in [0.25, 0.3) is 0 Å². The first-order valence-electron chi connectivity index (χ1n) is 3.48. The van der Waals surface area contributed by atoms with Crippen LogP contribution < -0.4 is 0 Å². The lowest BCUT2D eigenvalue weighted by Crippen LogP contribution is -2.04. The summed E-state index contributed by atoms with van der Waals surface area (Å²) in [4.78, 5) is 11.0. The highest BCUT2D eigenvalue weighted by Gasteiger charge is 2.11. The van der Waals surface area contributed by atoms with Crippen LogP contribution in [0.15, 0.2) is 29.2 Å². The molecule has 1 aromatic rings. The molecule has 0 N–H and O–H groups in total. The minimum absolute atomic E-state index is 0.00986. The fraction of sp³-hybridized carbons (Fsp3) is 0.125. The molecule has 0 bridgehead atoms. The zero-order valence-electron chi connectivity index (χ0n) is 6.89. The molecule has 0 aliphatic heterocycles. The number of hydrogen-bond acceptors (Lipinski definition) is 4. The molecule has 0 saturated heterocycles. The molecule has 1 aromatic carbocycles. The third-order valence-corrected chi connectivity index (χ3v) is 2.29. The first kappa shape index (κ1) is 9.73. The Bertz CT molecular complexity index is 387.